The summed E-state index contributed by atoms with van der Waals surface area (Å²) in [6, 6.07) is 3.72. The van der Waals surface area contributed by atoms with Gasteiger partial charge in [-0.25, -0.2) is 8.42 Å². The fourth-order valence-electron chi connectivity index (χ4n) is 2.38. The summed E-state index contributed by atoms with van der Waals surface area (Å²) in [5.74, 6) is 1.72. The smallest absolute Gasteiger partial charge is 0.166 e. The van der Waals surface area contributed by atoms with Gasteiger partial charge in [0.15, 0.2) is 9.84 Å². The Hall–Kier alpha value is 0.210. The van der Waals surface area contributed by atoms with E-state index in [-0.39, 0.29) is 11.8 Å². The highest BCUT2D eigenvalue weighted by atomic mass is 35.5. The average Bonchev–Trinajstić information content (AvgIpc) is 2.86. The standard InChI is InChI=1S/C12H19ClN2O2S3/c1-2-20(16,17)12-8-18-6-5-15(12)9(7-14)10-3-4-11(13)19-10/h3-4,9,12H,2,5-8,14H2,1H3. The minimum atomic E-state index is -3.11. The van der Waals surface area contributed by atoms with Gasteiger partial charge in [-0.2, -0.15) is 11.8 Å². The van der Waals surface area contributed by atoms with Crippen molar-refractivity contribution in [2.24, 2.45) is 5.73 Å². The molecule has 2 unspecified atom stereocenters. The number of nitrogens with zero attached hydrogens (tertiary/aromatic N) is 1. The minimum absolute atomic E-state index is 0.0697. The number of sulfone groups is 1. The Balaban J connectivity index is 2.30. The molecule has 4 nitrogen and oxygen atoms in total. The zero-order chi connectivity index (χ0) is 14.8. The number of nitrogens with two attached hydrogens (primary N) is 1. The van der Waals surface area contributed by atoms with E-state index in [0.717, 1.165) is 17.2 Å². The summed E-state index contributed by atoms with van der Waals surface area (Å²) in [7, 11) is -3.11. The molecule has 0 spiro atoms. The molecule has 0 aliphatic carbocycles. The Morgan fingerprint density at radius 1 is 1.55 bits per heavy atom. The van der Waals surface area contributed by atoms with E-state index in [1.165, 1.54) is 11.3 Å². The summed E-state index contributed by atoms with van der Waals surface area (Å²) >= 11 is 9.16. The Labute approximate surface area is 133 Å². The fourth-order valence-corrected chi connectivity index (χ4v) is 6.64. The van der Waals surface area contributed by atoms with Gasteiger partial charge in [-0.05, 0) is 12.1 Å². The normalized spacial score (nSPS) is 22.9. The van der Waals surface area contributed by atoms with Crippen molar-refractivity contribution in [2.75, 3.05) is 30.3 Å². The SMILES string of the molecule is CCS(=O)(=O)C1CSCCN1C(CN)c1ccc(Cl)s1. The van der Waals surface area contributed by atoms with Crippen LogP contribution in [0.2, 0.25) is 4.34 Å². The van der Waals surface area contributed by atoms with E-state index in [4.69, 9.17) is 17.3 Å². The van der Waals surface area contributed by atoms with Crippen LogP contribution >= 0.6 is 34.7 Å². The number of thioether (sulfide) groups is 1. The summed E-state index contributed by atoms with van der Waals surface area (Å²) in [5.41, 5.74) is 5.91. The number of halogens is 1. The van der Waals surface area contributed by atoms with Crippen LogP contribution in [0.3, 0.4) is 0 Å². The minimum Gasteiger partial charge on any atom is -0.329 e. The molecular weight excluding hydrogens is 336 g/mol. The van der Waals surface area contributed by atoms with Crippen LogP contribution < -0.4 is 5.73 Å². The van der Waals surface area contributed by atoms with Crippen LogP contribution in [0, 0.1) is 0 Å². The van der Waals surface area contributed by atoms with Crippen molar-refractivity contribution >= 4 is 44.5 Å². The first-order valence-electron chi connectivity index (χ1n) is 6.50. The summed E-state index contributed by atoms with van der Waals surface area (Å²) in [4.78, 5) is 3.08. The van der Waals surface area contributed by atoms with Crippen molar-refractivity contribution in [3.63, 3.8) is 0 Å². The predicted molar refractivity (Wildman–Crippen MR) is 88.4 cm³/mol. The van der Waals surface area contributed by atoms with Gasteiger partial charge in [0.1, 0.15) is 5.37 Å². The third-order valence-corrected chi connectivity index (χ3v) is 8.12. The molecule has 8 heteroatoms. The zero-order valence-electron chi connectivity index (χ0n) is 11.3. The lowest BCUT2D eigenvalue weighted by Crippen LogP contribution is -2.50. The second-order valence-electron chi connectivity index (χ2n) is 4.61. The van der Waals surface area contributed by atoms with Gasteiger partial charge in [0.25, 0.3) is 0 Å². The molecule has 1 aliphatic rings. The van der Waals surface area contributed by atoms with Crippen molar-refractivity contribution in [3.8, 4) is 0 Å². The van der Waals surface area contributed by atoms with Crippen molar-refractivity contribution in [1.82, 2.24) is 4.90 Å². The highest BCUT2D eigenvalue weighted by Gasteiger charge is 2.37. The van der Waals surface area contributed by atoms with Gasteiger partial charge in [0.05, 0.1) is 10.4 Å². The lowest BCUT2D eigenvalue weighted by Gasteiger charge is -2.39. The highest BCUT2D eigenvalue weighted by Crippen LogP contribution is 2.34. The lowest BCUT2D eigenvalue weighted by atomic mass is 10.2. The van der Waals surface area contributed by atoms with Crippen LogP contribution in [0.5, 0.6) is 0 Å². The van der Waals surface area contributed by atoms with E-state index in [1.54, 1.807) is 18.7 Å². The maximum absolute atomic E-state index is 12.3. The van der Waals surface area contributed by atoms with Crippen LogP contribution in [0.1, 0.15) is 17.8 Å². The molecule has 20 heavy (non-hydrogen) atoms. The molecule has 1 aromatic rings. The van der Waals surface area contributed by atoms with Gasteiger partial charge in [0.2, 0.25) is 0 Å². The van der Waals surface area contributed by atoms with Gasteiger partial charge in [-0.3, -0.25) is 4.90 Å². The third-order valence-electron chi connectivity index (χ3n) is 3.49. The zero-order valence-corrected chi connectivity index (χ0v) is 14.5. The van der Waals surface area contributed by atoms with E-state index in [9.17, 15) is 8.42 Å². The Bertz CT molecular complexity index is 547. The first-order chi connectivity index (χ1) is 9.49. The van der Waals surface area contributed by atoms with E-state index in [0.29, 0.717) is 16.6 Å². The molecule has 0 amide bonds. The monoisotopic (exact) mass is 354 g/mol. The van der Waals surface area contributed by atoms with Crippen LogP contribution in [-0.4, -0.2) is 49.0 Å². The lowest BCUT2D eigenvalue weighted by molar-refractivity contribution is 0.200. The largest absolute Gasteiger partial charge is 0.329 e. The molecule has 1 aromatic heterocycles. The molecule has 0 bridgehead atoms. The van der Waals surface area contributed by atoms with Gasteiger partial charge >= 0.3 is 0 Å². The van der Waals surface area contributed by atoms with Crippen molar-refractivity contribution < 1.29 is 8.42 Å². The van der Waals surface area contributed by atoms with E-state index < -0.39 is 15.2 Å². The van der Waals surface area contributed by atoms with Crippen LogP contribution in [0.15, 0.2) is 12.1 Å². The van der Waals surface area contributed by atoms with Crippen LogP contribution in [0.25, 0.3) is 0 Å². The van der Waals surface area contributed by atoms with Crippen LogP contribution in [-0.2, 0) is 9.84 Å². The molecule has 0 radical (unpaired) electrons. The quantitative estimate of drug-likeness (QED) is 0.878. The van der Waals surface area contributed by atoms with E-state index in [1.807, 2.05) is 17.0 Å². The average molecular weight is 355 g/mol. The topological polar surface area (TPSA) is 63.4 Å². The molecule has 0 saturated carbocycles. The Morgan fingerprint density at radius 3 is 2.85 bits per heavy atom. The molecule has 1 aliphatic heterocycles. The molecular formula is C12H19ClN2O2S3. The number of hydrogen-bond acceptors (Lipinski definition) is 6. The fraction of sp³-hybridized carbons (Fsp3) is 0.667. The third kappa shape index (κ3) is 3.51. The first kappa shape index (κ1) is 16.6. The Morgan fingerprint density at radius 2 is 2.30 bits per heavy atom. The van der Waals surface area contributed by atoms with Gasteiger partial charge < -0.3 is 5.73 Å². The highest BCUT2D eigenvalue weighted by molar-refractivity contribution is 8.01. The first-order valence-corrected chi connectivity index (χ1v) is 10.6. The second-order valence-corrected chi connectivity index (χ2v) is 9.96. The summed E-state index contributed by atoms with van der Waals surface area (Å²) < 4.78 is 25.3. The number of hydrogen-bond donors (Lipinski definition) is 1. The second kappa shape index (κ2) is 6.98. The van der Waals surface area contributed by atoms with Crippen LogP contribution in [0.4, 0.5) is 0 Å². The molecule has 2 heterocycles. The maximum Gasteiger partial charge on any atom is 0.166 e. The van der Waals surface area contributed by atoms with Crippen molar-refractivity contribution in [2.45, 2.75) is 18.3 Å². The number of thiophene rings is 1. The summed E-state index contributed by atoms with van der Waals surface area (Å²) in [5, 5.41) is -0.444. The summed E-state index contributed by atoms with van der Waals surface area (Å²) in [6.45, 7) is 2.84. The molecule has 2 atom stereocenters. The van der Waals surface area contributed by atoms with Gasteiger partial charge in [0, 0.05) is 35.2 Å². The molecule has 1 fully saturated rings. The maximum atomic E-state index is 12.3. The molecule has 2 rings (SSSR count). The van der Waals surface area contributed by atoms with E-state index >= 15 is 0 Å². The Kier molecular flexibility index (Phi) is 5.79. The molecule has 1 saturated heterocycles. The van der Waals surface area contributed by atoms with Gasteiger partial charge in [-0.1, -0.05) is 18.5 Å². The van der Waals surface area contributed by atoms with Gasteiger partial charge in [-0.15, -0.1) is 11.3 Å². The summed E-state index contributed by atoms with van der Waals surface area (Å²) in [6.07, 6.45) is 0. The number of rotatable bonds is 5. The molecule has 114 valence electrons. The van der Waals surface area contributed by atoms with Crippen molar-refractivity contribution in [1.29, 1.82) is 0 Å². The van der Waals surface area contributed by atoms with E-state index in [2.05, 4.69) is 0 Å². The van der Waals surface area contributed by atoms with Crippen molar-refractivity contribution in [3.05, 3.63) is 21.3 Å². The molecule has 2 N–H and O–H groups in total. The molecule has 0 aromatic carbocycles. The predicted octanol–water partition coefficient (Wildman–Crippen LogP) is 2.21.